The molecule has 3 rings (SSSR count). The van der Waals surface area contributed by atoms with E-state index >= 15 is 0 Å². The van der Waals surface area contributed by atoms with Crippen LogP contribution in [0.3, 0.4) is 0 Å². The predicted octanol–water partition coefficient (Wildman–Crippen LogP) is 2.52. The molecule has 1 aliphatic heterocycles. The number of nitrogens with zero attached hydrogens (tertiary/aromatic N) is 4. The zero-order chi connectivity index (χ0) is 20.6. The third-order valence-electron chi connectivity index (χ3n) is 4.68. The number of hydrogen-bond acceptors (Lipinski definition) is 6. The summed E-state index contributed by atoms with van der Waals surface area (Å²) in [6.45, 7) is 4.41. The highest BCUT2D eigenvalue weighted by Gasteiger charge is 2.19. The highest BCUT2D eigenvalue weighted by molar-refractivity contribution is 6.30. The number of rotatable bonds is 7. The minimum Gasteiger partial charge on any atom is -0.297 e. The van der Waals surface area contributed by atoms with Crippen molar-refractivity contribution < 1.29 is 9.72 Å². The van der Waals surface area contributed by atoms with Crippen LogP contribution < -0.4 is 5.43 Å². The van der Waals surface area contributed by atoms with Crippen molar-refractivity contribution in [3.05, 3.63) is 74.8 Å². The first-order valence-electron chi connectivity index (χ1n) is 9.26. The summed E-state index contributed by atoms with van der Waals surface area (Å²) in [4.78, 5) is 27.0. The van der Waals surface area contributed by atoms with Crippen molar-refractivity contribution in [1.29, 1.82) is 0 Å². The second kappa shape index (κ2) is 10.1. The lowest BCUT2D eigenvalue weighted by Gasteiger charge is -2.34. The number of carbonyl (C=O) groups is 1. The molecule has 1 amide bonds. The van der Waals surface area contributed by atoms with Crippen LogP contribution in [-0.4, -0.2) is 59.6 Å². The number of carbonyl (C=O) groups excluding carboxylic acids is 1. The second-order valence-corrected chi connectivity index (χ2v) is 7.22. The fourth-order valence-corrected chi connectivity index (χ4v) is 3.25. The van der Waals surface area contributed by atoms with E-state index < -0.39 is 4.92 Å². The number of halogens is 1. The molecule has 152 valence electrons. The van der Waals surface area contributed by atoms with Crippen molar-refractivity contribution in [2.75, 3.05) is 32.7 Å². The number of piperazine rings is 1. The molecule has 0 bridgehead atoms. The number of benzene rings is 2. The maximum Gasteiger partial charge on any atom is 0.278 e. The van der Waals surface area contributed by atoms with Gasteiger partial charge in [-0.25, -0.2) is 5.43 Å². The number of para-hydroxylation sites is 1. The van der Waals surface area contributed by atoms with Crippen LogP contribution >= 0.6 is 11.6 Å². The highest BCUT2D eigenvalue weighted by Crippen LogP contribution is 2.15. The third kappa shape index (κ3) is 6.35. The van der Waals surface area contributed by atoms with Gasteiger partial charge in [-0.1, -0.05) is 35.9 Å². The van der Waals surface area contributed by atoms with E-state index in [0.717, 1.165) is 37.7 Å². The van der Waals surface area contributed by atoms with Crippen molar-refractivity contribution in [2.24, 2.45) is 5.10 Å². The van der Waals surface area contributed by atoms with Crippen LogP contribution in [0.25, 0.3) is 0 Å². The molecular formula is C20H22ClN5O3. The molecule has 9 heteroatoms. The number of amides is 1. The van der Waals surface area contributed by atoms with Crippen molar-refractivity contribution in [2.45, 2.75) is 6.54 Å². The molecule has 0 atom stereocenters. The topological polar surface area (TPSA) is 91.1 Å². The monoisotopic (exact) mass is 415 g/mol. The van der Waals surface area contributed by atoms with E-state index in [2.05, 4.69) is 20.3 Å². The Balaban J connectivity index is 1.42. The summed E-state index contributed by atoms with van der Waals surface area (Å²) in [6.07, 6.45) is 1.29. The first-order chi connectivity index (χ1) is 14.0. The molecule has 1 heterocycles. The van der Waals surface area contributed by atoms with Gasteiger partial charge in [0, 0.05) is 43.8 Å². The predicted molar refractivity (Wildman–Crippen MR) is 112 cm³/mol. The van der Waals surface area contributed by atoms with Crippen molar-refractivity contribution in [1.82, 2.24) is 15.2 Å². The molecule has 0 aromatic heterocycles. The Labute approximate surface area is 173 Å². The van der Waals surface area contributed by atoms with Gasteiger partial charge in [0.25, 0.3) is 11.6 Å². The number of hydrazone groups is 1. The molecule has 0 aliphatic carbocycles. The van der Waals surface area contributed by atoms with E-state index in [1.54, 1.807) is 18.2 Å². The molecule has 1 N–H and O–H groups in total. The normalized spacial score (nSPS) is 15.5. The van der Waals surface area contributed by atoms with Gasteiger partial charge in [-0.15, -0.1) is 0 Å². The van der Waals surface area contributed by atoms with Gasteiger partial charge in [0.2, 0.25) is 0 Å². The Kier molecular flexibility index (Phi) is 7.29. The molecule has 2 aromatic carbocycles. The van der Waals surface area contributed by atoms with E-state index in [9.17, 15) is 14.9 Å². The third-order valence-corrected chi connectivity index (χ3v) is 4.93. The van der Waals surface area contributed by atoms with Gasteiger partial charge in [0.05, 0.1) is 23.2 Å². The summed E-state index contributed by atoms with van der Waals surface area (Å²) in [6, 6.07) is 14.1. The number of hydrogen-bond donors (Lipinski definition) is 1. The summed E-state index contributed by atoms with van der Waals surface area (Å²) < 4.78 is 0. The Hall–Kier alpha value is -2.81. The number of nitro benzene ring substituents is 1. The molecule has 0 radical (unpaired) electrons. The largest absolute Gasteiger partial charge is 0.297 e. The average molecular weight is 416 g/mol. The molecule has 0 saturated carbocycles. The molecule has 0 unspecified atom stereocenters. The van der Waals surface area contributed by atoms with E-state index in [-0.39, 0.29) is 18.1 Å². The van der Waals surface area contributed by atoms with Crippen LogP contribution in [0.2, 0.25) is 5.02 Å². The van der Waals surface area contributed by atoms with E-state index in [1.807, 2.05) is 24.3 Å². The Morgan fingerprint density at radius 1 is 1.10 bits per heavy atom. The average Bonchev–Trinajstić information content (AvgIpc) is 2.71. The molecule has 2 aromatic rings. The van der Waals surface area contributed by atoms with Crippen LogP contribution in [0.5, 0.6) is 0 Å². The maximum absolute atomic E-state index is 12.1. The zero-order valence-corrected chi connectivity index (χ0v) is 16.6. The van der Waals surface area contributed by atoms with Crippen LogP contribution in [-0.2, 0) is 11.3 Å². The summed E-state index contributed by atoms with van der Waals surface area (Å²) >= 11 is 5.92. The standard InChI is InChI=1S/C20H22ClN5O3/c21-18-7-5-16(6-8-18)14-24-9-11-25(12-10-24)15-20(27)23-22-13-17-3-1-2-4-19(17)26(28)29/h1-8,13H,9-12,14-15H2,(H,23,27)/b22-13+. The Morgan fingerprint density at radius 3 is 2.45 bits per heavy atom. The lowest BCUT2D eigenvalue weighted by atomic mass is 10.2. The smallest absolute Gasteiger partial charge is 0.278 e. The summed E-state index contributed by atoms with van der Waals surface area (Å²) in [5.74, 6) is -0.244. The molecule has 0 spiro atoms. The fourth-order valence-electron chi connectivity index (χ4n) is 3.13. The van der Waals surface area contributed by atoms with E-state index in [0.29, 0.717) is 5.56 Å². The molecule has 29 heavy (non-hydrogen) atoms. The van der Waals surface area contributed by atoms with Crippen molar-refractivity contribution in [3.8, 4) is 0 Å². The van der Waals surface area contributed by atoms with Gasteiger partial charge >= 0.3 is 0 Å². The minimum absolute atomic E-state index is 0.0534. The van der Waals surface area contributed by atoms with Crippen molar-refractivity contribution >= 4 is 29.4 Å². The van der Waals surface area contributed by atoms with Gasteiger partial charge in [-0.05, 0) is 23.8 Å². The lowest BCUT2D eigenvalue weighted by molar-refractivity contribution is -0.385. The lowest BCUT2D eigenvalue weighted by Crippen LogP contribution is -2.48. The SMILES string of the molecule is O=C(CN1CCN(Cc2ccc(Cl)cc2)CC1)N/N=C/c1ccccc1[N+](=O)[O-]. The number of nitro groups is 1. The summed E-state index contributed by atoms with van der Waals surface area (Å²) in [5, 5.41) is 15.6. The summed E-state index contributed by atoms with van der Waals surface area (Å²) in [5.41, 5.74) is 3.94. The maximum atomic E-state index is 12.1. The van der Waals surface area contributed by atoms with Crippen LogP contribution in [0.15, 0.2) is 53.6 Å². The Bertz CT molecular complexity index is 880. The molecule has 1 fully saturated rings. The highest BCUT2D eigenvalue weighted by atomic mass is 35.5. The molecule has 1 saturated heterocycles. The van der Waals surface area contributed by atoms with Gasteiger partial charge < -0.3 is 0 Å². The first-order valence-corrected chi connectivity index (χ1v) is 9.63. The van der Waals surface area contributed by atoms with Gasteiger partial charge in [0.1, 0.15) is 0 Å². The zero-order valence-electron chi connectivity index (χ0n) is 15.8. The summed E-state index contributed by atoms with van der Waals surface area (Å²) in [7, 11) is 0. The Morgan fingerprint density at radius 2 is 1.76 bits per heavy atom. The molecule has 1 aliphatic rings. The van der Waals surface area contributed by atoms with Crippen LogP contribution in [0.4, 0.5) is 5.69 Å². The number of nitrogens with one attached hydrogen (secondary N) is 1. The van der Waals surface area contributed by atoms with Crippen LogP contribution in [0.1, 0.15) is 11.1 Å². The van der Waals surface area contributed by atoms with E-state index in [4.69, 9.17) is 11.6 Å². The quantitative estimate of drug-likeness (QED) is 0.426. The minimum atomic E-state index is -0.479. The van der Waals surface area contributed by atoms with Crippen molar-refractivity contribution in [3.63, 3.8) is 0 Å². The van der Waals surface area contributed by atoms with Gasteiger partial charge in [-0.3, -0.25) is 24.7 Å². The van der Waals surface area contributed by atoms with Gasteiger partial charge in [-0.2, -0.15) is 5.10 Å². The van der Waals surface area contributed by atoms with Gasteiger partial charge in [0.15, 0.2) is 0 Å². The molecule has 8 nitrogen and oxygen atoms in total. The van der Waals surface area contributed by atoms with Crippen LogP contribution in [0, 0.1) is 10.1 Å². The second-order valence-electron chi connectivity index (χ2n) is 6.79. The van der Waals surface area contributed by atoms with E-state index in [1.165, 1.54) is 17.8 Å². The fraction of sp³-hybridized carbons (Fsp3) is 0.300. The molecular weight excluding hydrogens is 394 g/mol. The first kappa shape index (κ1) is 20.9.